The fraction of sp³-hybridized carbons (Fsp3) is 0.500. The first-order valence-electron chi connectivity index (χ1n) is 12.4. The van der Waals surface area contributed by atoms with Crippen molar-refractivity contribution in [2.75, 3.05) is 18.4 Å². The highest BCUT2D eigenvalue weighted by molar-refractivity contribution is 5.85. The first-order chi connectivity index (χ1) is 16.5. The molecule has 196 valence electrons. The Morgan fingerprint density at radius 2 is 1.67 bits per heavy atom. The number of benzene rings is 1. The van der Waals surface area contributed by atoms with Crippen molar-refractivity contribution < 1.29 is 4.39 Å². The van der Waals surface area contributed by atoms with Crippen molar-refractivity contribution in [2.45, 2.75) is 70.5 Å². The molecule has 0 radical (unpaired) electrons. The summed E-state index contributed by atoms with van der Waals surface area (Å²) in [6.45, 7) is 6.43. The van der Waals surface area contributed by atoms with E-state index in [1.807, 2.05) is 26.1 Å². The molecule has 0 spiro atoms. The lowest BCUT2D eigenvalue weighted by Crippen LogP contribution is -2.39. The van der Waals surface area contributed by atoms with Gasteiger partial charge in [0.05, 0.1) is 17.1 Å². The Kier molecular flexibility index (Phi) is 9.55. The summed E-state index contributed by atoms with van der Waals surface area (Å²) in [7, 11) is 0. The number of hydrogen-bond donors (Lipinski definition) is 1. The summed E-state index contributed by atoms with van der Waals surface area (Å²) in [6.07, 6.45) is 10.9. The molecule has 2 aliphatic rings. The molecule has 3 heterocycles. The van der Waals surface area contributed by atoms with Gasteiger partial charge in [-0.15, -0.1) is 24.8 Å². The highest BCUT2D eigenvalue weighted by Gasteiger charge is 2.28. The lowest BCUT2D eigenvalue weighted by Gasteiger charge is -2.34. The van der Waals surface area contributed by atoms with E-state index in [-0.39, 0.29) is 42.4 Å². The summed E-state index contributed by atoms with van der Waals surface area (Å²) in [5, 5.41) is 3.53. The molecule has 1 N–H and O–H groups in total. The molecule has 1 saturated heterocycles. The zero-order chi connectivity index (χ0) is 23.7. The topological polar surface area (TPSA) is 68.0 Å². The van der Waals surface area contributed by atoms with Gasteiger partial charge in [0.15, 0.2) is 0 Å². The van der Waals surface area contributed by atoms with Crippen LogP contribution in [0.15, 0.2) is 47.5 Å². The second kappa shape index (κ2) is 12.2. The monoisotopic (exact) mass is 536 g/mol. The predicted octanol–water partition coefficient (Wildman–Crippen LogP) is 5.48. The largest absolute Gasteiger partial charge is 0.351 e. The number of anilines is 1. The van der Waals surface area contributed by atoms with Crippen LogP contribution < -0.4 is 11.0 Å². The van der Waals surface area contributed by atoms with Crippen LogP contribution >= 0.6 is 24.8 Å². The summed E-state index contributed by atoms with van der Waals surface area (Å²) in [6, 6.07) is 8.83. The number of nitrogens with zero attached hydrogens (tertiary/aromatic N) is 5. The van der Waals surface area contributed by atoms with E-state index in [4.69, 9.17) is 4.98 Å². The van der Waals surface area contributed by atoms with E-state index in [1.54, 1.807) is 27.5 Å². The minimum absolute atomic E-state index is 0. The van der Waals surface area contributed by atoms with Crippen molar-refractivity contribution in [2.24, 2.45) is 0 Å². The number of aromatic nitrogens is 4. The summed E-state index contributed by atoms with van der Waals surface area (Å²) < 4.78 is 16.8. The summed E-state index contributed by atoms with van der Waals surface area (Å²) in [4.78, 5) is 25.1. The van der Waals surface area contributed by atoms with Crippen molar-refractivity contribution >= 4 is 30.8 Å². The molecule has 1 aromatic carbocycles. The van der Waals surface area contributed by atoms with Gasteiger partial charge in [-0.25, -0.2) is 19.2 Å². The van der Waals surface area contributed by atoms with Crippen LogP contribution in [0.3, 0.4) is 0 Å². The minimum Gasteiger partial charge on any atom is -0.351 e. The molecular formula is C26H35Cl2FN6O. The zero-order valence-electron chi connectivity index (χ0n) is 20.8. The average Bonchev–Trinajstić information content (AvgIpc) is 3.49. The van der Waals surface area contributed by atoms with Crippen LogP contribution in [0.5, 0.6) is 0 Å². The highest BCUT2D eigenvalue weighted by Crippen LogP contribution is 2.28. The van der Waals surface area contributed by atoms with Crippen LogP contribution in [-0.2, 0) is 0 Å². The maximum absolute atomic E-state index is 13.5. The SMILES string of the molecule is CC(C)n1cc(-c2ccnc(NC3CCC(N4CCCC4)CC3)n2)n(-c2ccc(F)cc2)c1=O.Cl.Cl. The smallest absolute Gasteiger partial charge is 0.333 e. The summed E-state index contributed by atoms with van der Waals surface area (Å²) in [5.74, 6) is 0.243. The fourth-order valence-electron chi connectivity index (χ4n) is 5.30. The van der Waals surface area contributed by atoms with Gasteiger partial charge in [-0.1, -0.05) is 0 Å². The van der Waals surface area contributed by atoms with E-state index >= 15 is 0 Å². The van der Waals surface area contributed by atoms with Gasteiger partial charge in [0.25, 0.3) is 0 Å². The molecule has 2 aromatic heterocycles. The molecule has 36 heavy (non-hydrogen) atoms. The third kappa shape index (κ3) is 5.93. The molecular weight excluding hydrogens is 502 g/mol. The second-order valence-electron chi connectivity index (χ2n) is 9.77. The number of imidazole rings is 1. The molecule has 0 unspecified atom stereocenters. The maximum Gasteiger partial charge on any atom is 0.333 e. The van der Waals surface area contributed by atoms with E-state index in [9.17, 15) is 9.18 Å². The second-order valence-corrected chi connectivity index (χ2v) is 9.77. The van der Waals surface area contributed by atoms with Gasteiger partial charge in [0.2, 0.25) is 5.95 Å². The normalized spacial score (nSPS) is 20.1. The van der Waals surface area contributed by atoms with Gasteiger partial charge in [-0.2, -0.15) is 0 Å². The third-order valence-corrected chi connectivity index (χ3v) is 7.16. The van der Waals surface area contributed by atoms with Gasteiger partial charge in [0, 0.05) is 30.5 Å². The van der Waals surface area contributed by atoms with Crippen molar-refractivity contribution in [3.8, 4) is 17.1 Å². The van der Waals surface area contributed by atoms with Crippen LogP contribution in [0.4, 0.5) is 10.3 Å². The van der Waals surface area contributed by atoms with Crippen LogP contribution in [0.2, 0.25) is 0 Å². The van der Waals surface area contributed by atoms with E-state index in [2.05, 4.69) is 15.2 Å². The third-order valence-electron chi connectivity index (χ3n) is 7.16. The molecule has 0 bridgehead atoms. The van der Waals surface area contributed by atoms with Crippen molar-refractivity contribution in [1.29, 1.82) is 0 Å². The Hall–Kier alpha value is -2.42. The van der Waals surface area contributed by atoms with Gasteiger partial charge in [-0.3, -0.25) is 9.13 Å². The van der Waals surface area contributed by atoms with Crippen molar-refractivity contribution in [3.05, 3.63) is 59.0 Å². The number of nitrogens with one attached hydrogen (secondary N) is 1. The molecule has 5 rings (SSSR count). The number of rotatable bonds is 6. The minimum atomic E-state index is -0.338. The number of likely N-dealkylation sites (tertiary alicyclic amines) is 1. The Morgan fingerprint density at radius 3 is 2.31 bits per heavy atom. The molecule has 1 aliphatic heterocycles. The van der Waals surface area contributed by atoms with Crippen LogP contribution in [0.25, 0.3) is 17.1 Å². The standard InChI is InChI=1S/C26H33FN6O.2ClH/c1-18(2)32-17-24(33(26(32)34)22-9-5-19(27)6-10-22)23-13-14-28-25(30-23)29-20-7-11-21(12-8-20)31-15-3-4-16-31;;/h5-6,9-10,13-14,17-18,20-21H,3-4,7-8,11-12,15-16H2,1-2H3,(H,28,29,30);2*1H. The summed E-state index contributed by atoms with van der Waals surface area (Å²) >= 11 is 0. The van der Waals surface area contributed by atoms with Crippen LogP contribution in [0, 0.1) is 5.82 Å². The predicted molar refractivity (Wildman–Crippen MR) is 146 cm³/mol. The quantitative estimate of drug-likeness (QED) is 0.451. The van der Waals surface area contributed by atoms with E-state index in [0.29, 0.717) is 35.1 Å². The van der Waals surface area contributed by atoms with Gasteiger partial charge < -0.3 is 10.2 Å². The molecule has 10 heteroatoms. The average molecular weight is 538 g/mol. The Labute approximate surface area is 224 Å². The highest BCUT2D eigenvalue weighted by atomic mass is 35.5. The lowest BCUT2D eigenvalue weighted by atomic mass is 9.90. The van der Waals surface area contributed by atoms with Crippen molar-refractivity contribution in [1.82, 2.24) is 24.0 Å². The number of hydrogen-bond acceptors (Lipinski definition) is 5. The summed E-state index contributed by atoms with van der Waals surface area (Å²) in [5.41, 5.74) is 1.75. The van der Waals surface area contributed by atoms with Crippen LogP contribution in [0.1, 0.15) is 58.4 Å². The Balaban J connectivity index is 0.00000180. The zero-order valence-corrected chi connectivity index (χ0v) is 22.4. The maximum atomic E-state index is 13.5. The molecule has 7 nitrogen and oxygen atoms in total. The van der Waals surface area contributed by atoms with E-state index in [0.717, 1.165) is 12.8 Å². The molecule has 1 aliphatic carbocycles. The van der Waals surface area contributed by atoms with E-state index in [1.165, 1.54) is 50.9 Å². The Bertz CT molecular complexity index is 1180. The molecule has 0 atom stereocenters. The molecule has 3 aromatic rings. The first kappa shape index (κ1) is 28.2. The van der Waals surface area contributed by atoms with Gasteiger partial charge in [-0.05, 0) is 95.8 Å². The van der Waals surface area contributed by atoms with Crippen LogP contribution in [-0.4, -0.2) is 49.2 Å². The van der Waals surface area contributed by atoms with Gasteiger partial charge in [0.1, 0.15) is 5.82 Å². The number of halogens is 3. The van der Waals surface area contributed by atoms with Crippen molar-refractivity contribution in [3.63, 3.8) is 0 Å². The Morgan fingerprint density at radius 1 is 1.00 bits per heavy atom. The van der Waals surface area contributed by atoms with Gasteiger partial charge >= 0.3 is 5.69 Å². The lowest BCUT2D eigenvalue weighted by molar-refractivity contribution is 0.186. The first-order valence-corrected chi connectivity index (χ1v) is 12.4. The fourth-order valence-corrected chi connectivity index (χ4v) is 5.30. The molecule has 1 saturated carbocycles. The van der Waals surface area contributed by atoms with E-state index < -0.39 is 0 Å². The molecule has 0 amide bonds. The molecule has 2 fully saturated rings.